The zero-order chi connectivity index (χ0) is 10.7. The van der Waals surface area contributed by atoms with Gasteiger partial charge in [-0.1, -0.05) is 30.3 Å². The van der Waals surface area contributed by atoms with Crippen LogP contribution in [0.25, 0.3) is 0 Å². The second kappa shape index (κ2) is 3.88. The third-order valence-corrected chi connectivity index (χ3v) is 1.91. The SMILES string of the molecule is O=C1C=CC(=O)N1N=Cc1ccccc1. The number of hydrogen-bond acceptors (Lipinski definition) is 3. The second-order valence-electron chi connectivity index (χ2n) is 2.98. The molecule has 0 saturated heterocycles. The first-order valence-corrected chi connectivity index (χ1v) is 4.42. The summed E-state index contributed by atoms with van der Waals surface area (Å²) in [5.41, 5.74) is 0.838. The summed E-state index contributed by atoms with van der Waals surface area (Å²) in [6.07, 6.45) is 3.87. The third-order valence-electron chi connectivity index (χ3n) is 1.91. The van der Waals surface area contributed by atoms with Crippen LogP contribution in [0.4, 0.5) is 0 Å². The summed E-state index contributed by atoms with van der Waals surface area (Å²) in [7, 11) is 0. The number of hydrogen-bond donors (Lipinski definition) is 0. The maximum Gasteiger partial charge on any atom is 0.274 e. The van der Waals surface area contributed by atoms with E-state index in [2.05, 4.69) is 5.10 Å². The monoisotopic (exact) mass is 200 g/mol. The van der Waals surface area contributed by atoms with Crippen LogP contribution in [0.2, 0.25) is 0 Å². The van der Waals surface area contributed by atoms with Gasteiger partial charge >= 0.3 is 0 Å². The lowest BCUT2D eigenvalue weighted by Crippen LogP contribution is -2.24. The van der Waals surface area contributed by atoms with Gasteiger partial charge in [0.25, 0.3) is 11.8 Å². The first-order chi connectivity index (χ1) is 7.27. The zero-order valence-corrected chi connectivity index (χ0v) is 7.83. The summed E-state index contributed by atoms with van der Waals surface area (Å²) in [4.78, 5) is 22.2. The minimum absolute atomic E-state index is 0.410. The molecular formula is C11H8N2O2. The van der Waals surface area contributed by atoms with Crippen molar-refractivity contribution in [2.75, 3.05) is 0 Å². The fourth-order valence-corrected chi connectivity index (χ4v) is 1.17. The number of imide groups is 1. The van der Waals surface area contributed by atoms with Gasteiger partial charge in [0.1, 0.15) is 0 Å². The number of carbonyl (C=O) groups excluding carboxylic acids is 2. The van der Waals surface area contributed by atoms with E-state index < -0.39 is 11.8 Å². The van der Waals surface area contributed by atoms with Crippen LogP contribution >= 0.6 is 0 Å². The van der Waals surface area contributed by atoms with Crippen LogP contribution in [0, 0.1) is 0 Å². The Kier molecular flexibility index (Phi) is 2.41. The summed E-state index contributed by atoms with van der Waals surface area (Å²) in [5.74, 6) is -0.820. The van der Waals surface area contributed by atoms with Crippen LogP contribution in [0.1, 0.15) is 5.56 Å². The highest BCUT2D eigenvalue weighted by molar-refractivity contribution is 6.13. The van der Waals surface area contributed by atoms with Crippen molar-refractivity contribution in [3.8, 4) is 0 Å². The predicted molar refractivity (Wildman–Crippen MR) is 55.0 cm³/mol. The normalized spacial score (nSPS) is 15.6. The Hall–Kier alpha value is -2.23. The molecule has 4 heteroatoms. The van der Waals surface area contributed by atoms with Crippen LogP contribution in [-0.4, -0.2) is 23.0 Å². The lowest BCUT2D eigenvalue weighted by Gasteiger charge is -2.04. The smallest absolute Gasteiger partial charge is 0.267 e. The van der Waals surface area contributed by atoms with Gasteiger partial charge in [0.2, 0.25) is 0 Å². The fraction of sp³-hybridized carbons (Fsp3) is 0. The van der Waals surface area contributed by atoms with E-state index in [4.69, 9.17) is 0 Å². The molecule has 2 amide bonds. The molecule has 4 nitrogen and oxygen atoms in total. The van der Waals surface area contributed by atoms with E-state index in [1.54, 1.807) is 0 Å². The minimum atomic E-state index is -0.410. The summed E-state index contributed by atoms with van der Waals surface area (Å²) < 4.78 is 0. The van der Waals surface area contributed by atoms with Crippen LogP contribution < -0.4 is 0 Å². The first kappa shape index (κ1) is 9.33. The highest BCUT2D eigenvalue weighted by Gasteiger charge is 2.22. The van der Waals surface area contributed by atoms with Crippen molar-refractivity contribution < 1.29 is 9.59 Å². The standard InChI is InChI=1S/C11H8N2O2/c14-10-6-7-11(15)13(10)12-8-9-4-2-1-3-5-9/h1-8H. The van der Waals surface area contributed by atoms with Crippen LogP contribution in [0.5, 0.6) is 0 Å². The molecular weight excluding hydrogens is 192 g/mol. The Morgan fingerprint density at radius 1 is 1.00 bits per heavy atom. The van der Waals surface area contributed by atoms with Crippen LogP contribution in [0.3, 0.4) is 0 Å². The Balaban J connectivity index is 2.13. The lowest BCUT2D eigenvalue weighted by molar-refractivity contribution is -0.136. The van der Waals surface area contributed by atoms with Gasteiger partial charge < -0.3 is 0 Å². The molecule has 0 fully saturated rings. The maximum absolute atomic E-state index is 11.1. The molecule has 0 bridgehead atoms. The number of amides is 2. The maximum atomic E-state index is 11.1. The van der Waals surface area contributed by atoms with Gasteiger partial charge in [-0.2, -0.15) is 10.1 Å². The van der Waals surface area contributed by atoms with Crippen molar-refractivity contribution in [3.05, 3.63) is 48.0 Å². The summed E-state index contributed by atoms with van der Waals surface area (Å²) in [6, 6.07) is 9.26. The van der Waals surface area contributed by atoms with Gasteiger partial charge in [0.15, 0.2) is 0 Å². The molecule has 0 unspecified atom stereocenters. The topological polar surface area (TPSA) is 49.7 Å². The van der Waals surface area contributed by atoms with Crippen molar-refractivity contribution in [3.63, 3.8) is 0 Å². The molecule has 1 aromatic rings. The molecule has 0 atom stereocenters. The second-order valence-corrected chi connectivity index (χ2v) is 2.98. The summed E-state index contributed by atoms with van der Waals surface area (Å²) >= 11 is 0. The molecule has 0 aliphatic carbocycles. The number of carbonyl (C=O) groups is 2. The number of rotatable bonds is 2. The van der Waals surface area contributed by atoms with Gasteiger partial charge in [0.05, 0.1) is 6.21 Å². The zero-order valence-electron chi connectivity index (χ0n) is 7.83. The van der Waals surface area contributed by atoms with Crippen molar-refractivity contribution in [2.45, 2.75) is 0 Å². The molecule has 1 heterocycles. The molecule has 0 aromatic heterocycles. The van der Waals surface area contributed by atoms with E-state index in [1.807, 2.05) is 30.3 Å². The molecule has 1 aliphatic rings. The van der Waals surface area contributed by atoms with E-state index in [0.717, 1.165) is 10.6 Å². The fourth-order valence-electron chi connectivity index (χ4n) is 1.17. The molecule has 15 heavy (non-hydrogen) atoms. The predicted octanol–water partition coefficient (Wildman–Crippen LogP) is 0.946. The first-order valence-electron chi connectivity index (χ1n) is 4.42. The van der Waals surface area contributed by atoms with Crippen molar-refractivity contribution in [1.29, 1.82) is 0 Å². The average Bonchev–Trinajstić information content (AvgIpc) is 2.58. The van der Waals surface area contributed by atoms with E-state index in [1.165, 1.54) is 18.4 Å². The Morgan fingerprint density at radius 2 is 1.60 bits per heavy atom. The van der Waals surface area contributed by atoms with E-state index in [0.29, 0.717) is 0 Å². The van der Waals surface area contributed by atoms with Crippen molar-refractivity contribution in [2.24, 2.45) is 5.10 Å². The molecule has 0 saturated carbocycles. The Bertz CT molecular complexity index is 431. The van der Waals surface area contributed by atoms with Crippen LogP contribution in [-0.2, 0) is 9.59 Å². The quantitative estimate of drug-likeness (QED) is 0.527. The van der Waals surface area contributed by atoms with Gasteiger partial charge in [-0.15, -0.1) is 0 Å². The summed E-state index contributed by atoms with van der Waals surface area (Å²) in [5, 5.41) is 4.63. The van der Waals surface area contributed by atoms with Gasteiger partial charge in [-0.3, -0.25) is 9.59 Å². The highest BCUT2D eigenvalue weighted by Crippen LogP contribution is 2.04. The number of nitrogens with zero attached hydrogens (tertiary/aromatic N) is 2. The number of hydrazone groups is 1. The van der Waals surface area contributed by atoms with E-state index in [9.17, 15) is 9.59 Å². The molecule has 1 aromatic carbocycles. The molecule has 0 radical (unpaired) electrons. The molecule has 74 valence electrons. The molecule has 1 aliphatic heterocycles. The molecule has 0 N–H and O–H groups in total. The van der Waals surface area contributed by atoms with E-state index >= 15 is 0 Å². The molecule has 2 rings (SSSR count). The van der Waals surface area contributed by atoms with Crippen molar-refractivity contribution in [1.82, 2.24) is 5.01 Å². The van der Waals surface area contributed by atoms with Crippen molar-refractivity contribution >= 4 is 18.0 Å². The minimum Gasteiger partial charge on any atom is -0.267 e. The van der Waals surface area contributed by atoms with Gasteiger partial charge in [0, 0.05) is 12.2 Å². The summed E-state index contributed by atoms with van der Waals surface area (Å²) in [6.45, 7) is 0. The van der Waals surface area contributed by atoms with E-state index in [-0.39, 0.29) is 0 Å². The third kappa shape index (κ3) is 1.99. The van der Waals surface area contributed by atoms with Gasteiger partial charge in [-0.05, 0) is 5.56 Å². The Morgan fingerprint density at radius 3 is 2.20 bits per heavy atom. The molecule has 0 spiro atoms. The lowest BCUT2D eigenvalue weighted by atomic mass is 10.2. The van der Waals surface area contributed by atoms with Gasteiger partial charge in [-0.25, -0.2) is 0 Å². The highest BCUT2D eigenvalue weighted by atomic mass is 16.2. The number of benzene rings is 1. The van der Waals surface area contributed by atoms with Crippen LogP contribution in [0.15, 0.2) is 47.6 Å². The largest absolute Gasteiger partial charge is 0.274 e. The average molecular weight is 200 g/mol. The Labute approximate surface area is 86.5 Å².